The zero-order chi connectivity index (χ0) is 21.1. The molecule has 0 spiro atoms. The zero-order valence-corrected chi connectivity index (χ0v) is 18.4. The monoisotopic (exact) mass is 428 g/mol. The largest absolute Gasteiger partial charge is 0.497 e. The van der Waals surface area contributed by atoms with Crippen LogP contribution >= 0.6 is 11.3 Å². The van der Waals surface area contributed by atoms with Gasteiger partial charge in [0.25, 0.3) is 5.91 Å². The molecule has 0 atom stereocenters. The Morgan fingerprint density at radius 2 is 1.70 bits per heavy atom. The lowest BCUT2D eigenvalue weighted by molar-refractivity contribution is -0.141. The number of rotatable bonds is 4. The molecular weight excluding hydrogens is 400 g/mol. The van der Waals surface area contributed by atoms with Crippen LogP contribution in [0.25, 0.3) is 11.1 Å². The summed E-state index contributed by atoms with van der Waals surface area (Å²) in [5.41, 5.74) is 2.17. The van der Waals surface area contributed by atoms with E-state index in [-0.39, 0.29) is 17.7 Å². The van der Waals surface area contributed by atoms with Crippen LogP contribution in [0.4, 0.5) is 0 Å². The van der Waals surface area contributed by atoms with E-state index in [1.807, 2.05) is 47.1 Å². The van der Waals surface area contributed by atoms with Gasteiger partial charge in [0, 0.05) is 37.0 Å². The Balaban J connectivity index is 1.39. The maximum absolute atomic E-state index is 13.1. The van der Waals surface area contributed by atoms with E-state index in [1.165, 1.54) is 11.3 Å². The molecule has 2 aliphatic rings. The van der Waals surface area contributed by atoms with Crippen molar-refractivity contribution < 1.29 is 19.1 Å². The number of morpholine rings is 1. The second-order valence-electron chi connectivity index (χ2n) is 7.81. The Morgan fingerprint density at radius 1 is 1.03 bits per heavy atom. The topological polar surface area (TPSA) is 59.1 Å². The van der Waals surface area contributed by atoms with E-state index >= 15 is 0 Å². The first-order valence-corrected chi connectivity index (χ1v) is 11.3. The summed E-state index contributed by atoms with van der Waals surface area (Å²) < 4.78 is 10.6. The molecular formula is C23H28N2O4S. The summed E-state index contributed by atoms with van der Waals surface area (Å²) in [6.07, 6.45) is 1.47. The van der Waals surface area contributed by atoms with Crippen molar-refractivity contribution in [2.24, 2.45) is 5.92 Å². The van der Waals surface area contributed by atoms with Crippen LogP contribution in [0, 0.1) is 12.8 Å². The first kappa shape index (κ1) is 20.9. The number of aryl methyl sites for hydroxylation is 1. The van der Waals surface area contributed by atoms with Gasteiger partial charge in [0.05, 0.1) is 25.2 Å². The van der Waals surface area contributed by atoms with Gasteiger partial charge in [-0.25, -0.2) is 0 Å². The third-order valence-corrected chi connectivity index (χ3v) is 7.02. The van der Waals surface area contributed by atoms with Crippen LogP contribution in [0.3, 0.4) is 0 Å². The number of hydrogen-bond acceptors (Lipinski definition) is 5. The lowest BCUT2D eigenvalue weighted by Gasteiger charge is -2.35. The van der Waals surface area contributed by atoms with Crippen molar-refractivity contribution in [3.8, 4) is 16.9 Å². The molecule has 1 aromatic heterocycles. The van der Waals surface area contributed by atoms with Gasteiger partial charge in [-0.15, -0.1) is 11.3 Å². The summed E-state index contributed by atoms with van der Waals surface area (Å²) in [7, 11) is 1.65. The highest BCUT2D eigenvalue weighted by Gasteiger charge is 2.31. The van der Waals surface area contributed by atoms with E-state index in [9.17, 15) is 9.59 Å². The fourth-order valence-electron chi connectivity index (χ4n) is 4.17. The first-order valence-electron chi connectivity index (χ1n) is 10.5. The average molecular weight is 429 g/mol. The van der Waals surface area contributed by atoms with Gasteiger partial charge in [-0.2, -0.15) is 0 Å². The van der Waals surface area contributed by atoms with Crippen LogP contribution < -0.4 is 4.74 Å². The number of ether oxygens (including phenoxy) is 2. The van der Waals surface area contributed by atoms with Gasteiger partial charge >= 0.3 is 0 Å². The maximum Gasteiger partial charge on any atom is 0.263 e. The van der Waals surface area contributed by atoms with Crippen molar-refractivity contribution >= 4 is 23.2 Å². The molecule has 2 aromatic rings. The normalized spacial score (nSPS) is 17.8. The Morgan fingerprint density at radius 3 is 2.33 bits per heavy atom. The third-order valence-electron chi connectivity index (χ3n) is 5.98. The highest BCUT2D eigenvalue weighted by Crippen LogP contribution is 2.33. The van der Waals surface area contributed by atoms with Gasteiger partial charge in [0.2, 0.25) is 5.91 Å². The van der Waals surface area contributed by atoms with E-state index in [4.69, 9.17) is 9.47 Å². The van der Waals surface area contributed by atoms with Gasteiger partial charge in [0.15, 0.2) is 0 Å². The molecule has 2 saturated heterocycles. The zero-order valence-electron chi connectivity index (χ0n) is 17.6. The van der Waals surface area contributed by atoms with E-state index in [0.717, 1.165) is 39.5 Å². The fraction of sp³-hybridized carbons (Fsp3) is 0.478. The molecule has 0 aliphatic carbocycles. The molecule has 0 saturated carbocycles. The summed E-state index contributed by atoms with van der Waals surface area (Å²) in [6, 6.07) is 9.90. The number of piperidine rings is 1. The van der Waals surface area contributed by atoms with Gasteiger partial charge in [0.1, 0.15) is 5.75 Å². The molecule has 2 aliphatic heterocycles. The number of thiophene rings is 1. The lowest BCUT2D eigenvalue weighted by atomic mass is 9.95. The maximum atomic E-state index is 13.1. The number of carbonyl (C=O) groups is 2. The van der Waals surface area contributed by atoms with Crippen molar-refractivity contribution in [2.45, 2.75) is 19.8 Å². The molecule has 0 unspecified atom stereocenters. The van der Waals surface area contributed by atoms with Crippen LogP contribution in [0.1, 0.15) is 27.4 Å². The van der Waals surface area contributed by atoms with Crippen molar-refractivity contribution in [3.63, 3.8) is 0 Å². The molecule has 2 fully saturated rings. The smallest absolute Gasteiger partial charge is 0.263 e. The lowest BCUT2D eigenvalue weighted by Crippen LogP contribution is -2.47. The number of benzene rings is 1. The second kappa shape index (κ2) is 9.18. The Labute approximate surface area is 181 Å². The SMILES string of the molecule is COc1ccc(-c2cc(C(=O)N3CCC(C(=O)N4CCOCC4)CC3)sc2C)cc1. The molecule has 3 heterocycles. The van der Waals surface area contributed by atoms with E-state index in [2.05, 4.69) is 0 Å². The molecule has 0 N–H and O–H groups in total. The van der Waals surface area contributed by atoms with Crippen LogP contribution in [0.5, 0.6) is 5.75 Å². The minimum absolute atomic E-state index is 0.0204. The fourth-order valence-corrected chi connectivity index (χ4v) is 5.18. The summed E-state index contributed by atoms with van der Waals surface area (Å²) in [5.74, 6) is 1.13. The highest BCUT2D eigenvalue weighted by atomic mass is 32.1. The Bertz CT molecular complexity index is 894. The van der Waals surface area contributed by atoms with Crippen molar-refractivity contribution in [1.29, 1.82) is 0 Å². The molecule has 30 heavy (non-hydrogen) atoms. The molecule has 0 radical (unpaired) electrons. The standard InChI is InChI=1S/C23H28N2O4S/c1-16-20(17-3-5-19(28-2)6-4-17)15-21(30-16)23(27)24-9-7-18(8-10-24)22(26)25-11-13-29-14-12-25/h3-6,15,18H,7-14H2,1-2H3. The summed E-state index contributed by atoms with van der Waals surface area (Å²) in [6.45, 7) is 5.92. The first-order chi connectivity index (χ1) is 14.6. The Kier molecular flexibility index (Phi) is 6.39. The number of nitrogens with zero attached hydrogens (tertiary/aromatic N) is 2. The predicted molar refractivity (Wildman–Crippen MR) is 117 cm³/mol. The third kappa shape index (κ3) is 4.37. The predicted octanol–water partition coefficient (Wildman–Crippen LogP) is 3.44. The van der Waals surface area contributed by atoms with Gasteiger partial charge < -0.3 is 19.3 Å². The van der Waals surface area contributed by atoms with E-state index in [0.29, 0.717) is 39.4 Å². The number of carbonyl (C=O) groups excluding carboxylic acids is 2. The van der Waals surface area contributed by atoms with E-state index in [1.54, 1.807) is 7.11 Å². The van der Waals surface area contributed by atoms with Crippen molar-refractivity contribution in [2.75, 3.05) is 46.5 Å². The minimum Gasteiger partial charge on any atom is -0.497 e. The molecule has 2 amide bonds. The second-order valence-corrected chi connectivity index (χ2v) is 9.07. The van der Waals surface area contributed by atoms with Crippen molar-refractivity contribution in [1.82, 2.24) is 9.80 Å². The highest BCUT2D eigenvalue weighted by molar-refractivity contribution is 7.14. The van der Waals surface area contributed by atoms with Crippen LogP contribution in [0.2, 0.25) is 0 Å². The van der Waals surface area contributed by atoms with Crippen molar-refractivity contribution in [3.05, 3.63) is 40.1 Å². The molecule has 1 aromatic carbocycles. The molecule has 160 valence electrons. The summed E-state index contributed by atoms with van der Waals surface area (Å²) in [4.78, 5) is 31.5. The molecule has 7 heteroatoms. The van der Waals surface area contributed by atoms with Gasteiger partial charge in [-0.3, -0.25) is 9.59 Å². The van der Waals surface area contributed by atoms with E-state index < -0.39 is 0 Å². The van der Waals surface area contributed by atoms with Gasteiger partial charge in [-0.1, -0.05) is 12.1 Å². The molecule has 6 nitrogen and oxygen atoms in total. The number of hydrogen-bond donors (Lipinski definition) is 0. The van der Waals surface area contributed by atoms with Crippen LogP contribution in [0.15, 0.2) is 30.3 Å². The summed E-state index contributed by atoms with van der Waals surface area (Å²) in [5, 5.41) is 0. The molecule has 4 rings (SSSR count). The summed E-state index contributed by atoms with van der Waals surface area (Å²) >= 11 is 1.54. The minimum atomic E-state index is 0.0204. The van der Waals surface area contributed by atoms with Crippen LogP contribution in [-0.4, -0.2) is 68.1 Å². The molecule has 0 bridgehead atoms. The average Bonchev–Trinajstić information content (AvgIpc) is 3.20. The number of methoxy groups -OCH3 is 1. The number of likely N-dealkylation sites (tertiary alicyclic amines) is 1. The quantitative estimate of drug-likeness (QED) is 0.749. The number of amides is 2. The van der Waals surface area contributed by atoms with Gasteiger partial charge in [-0.05, 0) is 49.1 Å². The van der Waals surface area contributed by atoms with Crippen LogP contribution in [-0.2, 0) is 9.53 Å². The Hall–Kier alpha value is -2.38.